The summed E-state index contributed by atoms with van der Waals surface area (Å²) in [4.78, 5) is 12.9. The Morgan fingerprint density at radius 1 is 0.865 bits per heavy atom. The fourth-order valence-electron chi connectivity index (χ4n) is 7.77. The highest BCUT2D eigenvalue weighted by molar-refractivity contribution is 7.71. The predicted octanol–water partition coefficient (Wildman–Crippen LogP) is 7.34. The van der Waals surface area contributed by atoms with Gasteiger partial charge in [0.05, 0.1) is 5.16 Å². The molecule has 1 saturated carbocycles. The van der Waals surface area contributed by atoms with Crippen molar-refractivity contribution in [2.24, 2.45) is 11.8 Å². The maximum atomic E-state index is 16.5. The summed E-state index contributed by atoms with van der Waals surface area (Å²) in [7, 11) is -1.26. The minimum absolute atomic E-state index is 0.0112. The number of carbonyl (C=O) groups excluding carboxylic acids is 1. The van der Waals surface area contributed by atoms with Crippen molar-refractivity contribution in [3.63, 3.8) is 0 Å². The van der Waals surface area contributed by atoms with E-state index in [0.29, 0.717) is 18.6 Å². The largest absolute Gasteiger partial charge is 0.300 e. The zero-order valence-electron chi connectivity index (χ0n) is 21.0. The Balaban J connectivity index is 1.62. The van der Waals surface area contributed by atoms with Crippen LogP contribution in [0.25, 0.3) is 16.8 Å². The average Bonchev–Trinajstić information content (AvgIpc) is 3.46. The highest BCUT2D eigenvalue weighted by Crippen LogP contribution is 2.81. The molecule has 4 aromatic carbocycles. The minimum Gasteiger partial charge on any atom is -0.300 e. The molecule has 7 rings (SSSR count). The molecule has 0 spiro atoms. The van der Waals surface area contributed by atoms with Crippen molar-refractivity contribution in [1.29, 1.82) is 0 Å². The second kappa shape index (κ2) is 8.38. The lowest BCUT2D eigenvalue weighted by Gasteiger charge is -2.47. The third kappa shape index (κ3) is 2.99. The molecule has 0 aromatic heterocycles. The van der Waals surface area contributed by atoms with Gasteiger partial charge in [0.25, 0.3) is 0 Å². The van der Waals surface area contributed by atoms with Gasteiger partial charge in [-0.15, -0.1) is 0 Å². The number of fused-ring (bicyclic) bond motifs is 4. The summed E-state index contributed by atoms with van der Waals surface area (Å²) in [5.41, 5.74) is 3.44. The number of hydrogen-bond acceptors (Lipinski definition) is 2. The van der Waals surface area contributed by atoms with Crippen molar-refractivity contribution in [3.8, 4) is 0 Å². The van der Waals surface area contributed by atoms with Crippen LogP contribution in [-0.4, -0.2) is 17.5 Å². The zero-order valence-corrected chi connectivity index (χ0v) is 21.9. The average molecular weight is 504 g/mol. The molecule has 0 bridgehead atoms. The predicted molar refractivity (Wildman–Crippen MR) is 151 cm³/mol. The number of Topliss-reactive ketones (excluding diaryl/α,β-unsaturated/α-hetero) is 1. The van der Waals surface area contributed by atoms with E-state index < -0.39 is 12.4 Å². The molecule has 1 aliphatic heterocycles. The van der Waals surface area contributed by atoms with Crippen LogP contribution in [0.1, 0.15) is 42.0 Å². The molecule has 0 N–H and O–H groups in total. The van der Waals surface area contributed by atoms with E-state index in [1.807, 2.05) is 24.3 Å². The fraction of sp³-hybridized carbons (Fsp3) is 0.242. The Morgan fingerprint density at radius 2 is 1.59 bits per heavy atom. The molecule has 5 atom stereocenters. The van der Waals surface area contributed by atoms with E-state index in [4.69, 9.17) is 0 Å². The van der Waals surface area contributed by atoms with E-state index in [1.165, 1.54) is 5.56 Å². The Bertz CT molecular complexity index is 1600. The van der Waals surface area contributed by atoms with Gasteiger partial charge in [-0.05, 0) is 52.9 Å². The maximum Gasteiger partial charge on any atom is 0.190 e. The second-order valence-corrected chi connectivity index (χ2v) is 13.8. The molecule has 3 aliphatic rings. The first-order chi connectivity index (χ1) is 18.1. The summed E-state index contributed by atoms with van der Waals surface area (Å²) in [5.74, 6) is 0.285. The lowest BCUT2D eigenvalue weighted by atomic mass is 9.67. The van der Waals surface area contributed by atoms with Crippen molar-refractivity contribution in [2.75, 3.05) is 7.05 Å². The Kier molecular flexibility index (Phi) is 5.19. The number of benzene rings is 4. The van der Waals surface area contributed by atoms with E-state index >= 15 is 4.57 Å². The van der Waals surface area contributed by atoms with E-state index in [0.717, 1.165) is 33.6 Å². The number of carbonyl (C=O) groups is 1. The highest BCUT2D eigenvalue weighted by atomic mass is 31.2. The highest BCUT2D eigenvalue weighted by Gasteiger charge is 2.70. The molecular weight excluding hydrogens is 473 g/mol. The van der Waals surface area contributed by atoms with Crippen LogP contribution in [0.4, 0.5) is 0 Å². The van der Waals surface area contributed by atoms with Gasteiger partial charge >= 0.3 is 0 Å². The molecule has 0 radical (unpaired) electrons. The number of rotatable bonds is 3. The van der Waals surface area contributed by atoms with E-state index in [9.17, 15) is 4.79 Å². The summed E-state index contributed by atoms with van der Waals surface area (Å²) >= 11 is 0. The van der Waals surface area contributed by atoms with Gasteiger partial charge in [-0.2, -0.15) is 0 Å². The molecule has 2 aliphatic carbocycles. The summed E-state index contributed by atoms with van der Waals surface area (Å²) in [6.45, 7) is 0. The molecule has 0 amide bonds. The standard InChI is InChI=1S/C33H30NO2P/c1-34-32(25-12-3-2-4-13-25)30-21-18-24-11-6-8-16-29(24)33(30,26-19-20-27(35)22-26)37(34,36)31-17-9-14-23-10-5-7-15-28(23)31/h2-18,21,26,30,32H,19-20,22H2,1H3/t26-,30-,32+,33-,37-/m1/s1. The van der Waals surface area contributed by atoms with Crippen molar-refractivity contribution in [2.45, 2.75) is 30.5 Å². The normalized spacial score (nSPS) is 30.9. The number of hydrogen-bond donors (Lipinski definition) is 0. The molecule has 3 nitrogen and oxygen atoms in total. The topological polar surface area (TPSA) is 37.4 Å². The first kappa shape index (κ1) is 22.9. The molecule has 0 unspecified atom stereocenters. The SMILES string of the molecule is CN1[C@@H](c2ccccc2)[C@H]2C=Cc3ccccc3[C@@]2([C@@H]2CCC(=O)C2)[P@]1(=O)c1cccc2ccccc12. The van der Waals surface area contributed by atoms with Gasteiger partial charge in [-0.1, -0.05) is 103 Å². The van der Waals surface area contributed by atoms with Crippen molar-refractivity contribution in [3.05, 3.63) is 120 Å². The van der Waals surface area contributed by atoms with Gasteiger partial charge in [0.2, 0.25) is 0 Å². The van der Waals surface area contributed by atoms with E-state index in [2.05, 4.69) is 96.7 Å². The monoisotopic (exact) mass is 503 g/mol. The van der Waals surface area contributed by atoms with Crippen LogP contribution in [0.15, 0.2) is 103 Å². The molecule has 4 heteroatoms. The van der Waals surface area contributed by atoms with Gasteiger partial charge in [0.1, 0.15) is 5.78 Å². The summed E-state index contributed by atoms with van der Waals surface area (Å²) < 4.78 is 18.7. The van der Waals surface area contributed by atoms with Crippen LogP contribution >= 0.6 is 7.29 Å². The second-order valence-electron chi connectivity index (χ2n) is 10.8. The summed E-state index contributed by atoms with van der Waals surface area (Å²) in [6.07, 6.45) is 6.37. The van der Waals surface area contributed by atoms with E-state index in [-0.39, 0.29) is 17.9 Å². The molecule has 184 valence electrons. The van der Waals surface area contributed by atoms with Gasteiger partial charge < -0.3 is 4.57 Å². The summed E-state index contributed by atoms with van der Waals surface area (Å²) in [6, 6.07) is 33.5. The fourth-order valence-corrected chi connectivity index (χ4v) is 12.3. The first-order valence-corrected chi connectivity index (χ1v) is 14.9. The smallest absolute Gasteiger partial charge is 0.190 e. The van der Waals surface area contributed by atoms with Crippen LogP contribution in [0, 0.1) is 11.8 Å². The molecule has 37 heavy (non-hydrogen) atoms. The van der Waals surface area contributed by atoms with Crippen molar-refractivity contribution < 1.29 is 9.36 Å². The molecule has 1 saturated heterocycles. The molecule has 2 fully saturated rings. The van der Waals surface area contributed by atoms with Gasteiger partial charge in [0.15, 0.2) is 7.29 Å². The number of ketones is 1. The van der Waals surface area contributed by atoms with Gasteiger partial charge in [-0.3, -0.25) is 4.79 Å². The third-order valence-corrected chi connectivity index (χ3v) is 13.3. The third-order valence-electron chi connectivity index (χ3n) is 9.17. The Labute approximate surface area is 218 Å². The van der Waals surface area contributed by atoms with Gasteiger partial charge in [0, 0.05) is 30.1 Å². The molecular formula is C33H30NO2P. The van der Waals surface area contributed by atoms with Crippen LogP contribution in [0.3, 0.4) is 0 Å². The molecule has 1 heterocycles. The van der Waals surface area contributed by atoms with E-state index in [1.54, 1.807) is 0 Å². The van der Waals surface area contributed by atoms with Gasteiger partial charge in [-0.25, -0.2) is 4.67 Å². The van der Waals surface area contributed by atoms with Crippen LogP contribution in [-0.2, 0) is 14.5 Å². The lowest BCUT2D eigenvalue weighted by molar-refractivity contribution is -0.117. The first-order valence-electron chi connectivity index (χ1n) is 13.2. The van der Waals surface area contributed by atoms with Crippen LogP contribution in [0.2, 0.25) is 0 Å². The quantitative estimate of drug-likeness (QED) is 0.275. The minimum atomic E-state index is -3.32. The Morgan fingerprint density at radius 3 is 2.41 bits per heavy atom. The van der Waals surface area contributed by atoms with Crippen molar-refractivity contribution >= 4 is 35.2 Å². The lowest BCUT2D eigenvalue weighted by Crippen LogP contribution is -2.42. The Hall–Kier alpha value is -3.26. The molecule has 4 aromatic rings. The number of nitrogens with zero attached hydrogens (tertiary/aromatic N) is 1. The van der Waals surface area contributed by atoms with Crippen LogP contribution in [0.5, 0.6) is 0 Å². The maximum absolute atomic E-state index is 16.5. The van der Waals surface area contributed by atoms with Crippen molar-refractivity contribution in [1.82, 2.24) is 4.67 Å². The summed E-state index contributed by atoms with van der Waals surface area (Å²) in [5, 5.41) is 2.37. The van der Waals surface area contributed by atoms with Crippen LogP contribution < -0.4 is 5.30 Å². The zero-order chi connectivity index (χ0) is 25.2.